The third-order valence-electron chi connectivity index (χ3n) is 1.68. The molecule has 0 aliphatic heterocycles. The molecule has 0 radical (unpaired) electrons. The Hall–Kier alpha value is -0.210. The molecule has 1 nitrogen and oxygen atoms in total. The fourth-order valence-corrected chi connectivity index (χ4v) is 1.31. The topological polar surface area (TPSA) is 26.0 Å². The summed E-state index contributed by atoms with van der Waals surface area (Å²) in [6, 6.07) is 0.139. The molecule has 0 spiro atoms. The van der Waals surface area contributed by atoms with Crippen LogP contribution >= 0.6 is 11.8 Å². The zero-order chi connectivity index (χ0) is 9.40. The van der Waals surface area contributed by atoms with Crippen molar-refractivity contribution in [3.8, 4) is 0 Å². The van der Waals surface area contributed by atoms with Gasteiger partial charge in [0.1, 0.15) is 0 Å². The van der Waals surface area contributed by atoms with Crippen molar-refractivity contribution >= 4 is 11.8 Å². The lowest BCUT2D eigenvalue weighted by Gasteiger charge is -2.10. The van der Waals surface area contributed by atoms with Gasteiger partial charge >= 0.3 is 0 Å². The Morgan fingerprint density at radius 1 is 1.67 bits per heavy atom. The maximum Gasteiger partial charge on any atom is 0.0296 e. The van der Waals surface area contributed by atoms with Gasteiger partial charge in [0, 0.05) is 6.04 Å². The third kappa shape index (κ3) is 5.44. The van der Waals surface area contributed by atoms with Crippen molar-refractivity contribution in [3.05, 3.63) is 24.3 Å². The molecular formula is C10H19NS. The minimum atomic E-state index is 0.139. The van der Waals surface area contributed by atoms with Gasteiger partial charge in [0.25, 0.3) is 0 Å². The molecule has 0 aromatic heterocycles. The summed E-state index contributed by atoms with van der Waals surface area (Å²) in [6.07, 6.45) is 8.30. The number of nitrogens with two attached hydrogens (primary N) is 1. The summed E-state index contributed by atoms with van der Waals surface area (Å²) in [4.78, 5) is 0. The number of thioether (sulfide) groups is 1. The summed E-state index contributed by atoms with van der Waals surface area (Å²) in [5.74, 6) is 1.11. The number of hydrogen-bond donors (Lipinski definition) is 1. The minimum absolute atomic E-state index is 0.139. The Labute approximate surface area is 80.1 Å². The molecule has 0 bridgehead atoms. The molecule has 0 saturated carbocycles. The Morgan fingerprint density at radius 2 is 2.33 bits per heavy atom. The van der Waals surface area contributed by atoms with E-state index in [1.165, 1.54) is 0 Å². The predicted molar refractivity (Wildman–Crippen MR) is 59.5 cm³/mol. The Morgan fingerprint density at radius 3 is 2.83 bits per heavy atom. The fraction of sp³-hybridized carbons (Fsp3) is 0.600. The highest BCUT2D eigenvalue weighted by Crippen LogP contribution is 2.07. The zero-order valence-corrected chi connectivity index (χ0v) is 8.86. The van der Waals surface area contributed by atoms with Gasteiger partial charge in [-0.05, 0) is 30.4 Å². The number of hydrogen-bond acceptors (Lipinski definition) is 2. The van der Waals surface area contributed by atoms with E-state index in [4.69, 9.17) is 5.73 Å². The lowest BCUT2D eigenvalue weighted by Crippen LogP contribution is -2.21. The molecule has 0 rings (SSSR count). The van der Waals surface area contributed by atoms with Gasteiger partial charge in [-0.2, -0.15) is 11.8 Å². The standard InChI is InChI=1S/C10H19NS/c1-4-5-6-9(2)10(11)7-8-12-3/h5-6,10H,2,4,7-8,11H2,1,3H3/b6-5+/t10-/m0/s1. The summed E-state index contributed by atoms with van der Waals surface area (Å²) < 4.78 is 0. The van der Waals surface area contributed by atoms with Gasteiger partial charge in [-0.15, -0.1) is 0 Å². The first-order valence-electron chi connectivity index (χ1n) is 4.32. The Balaban J connectivity index is 3.68. The molecule has 70 valence electrons. The maximum atomic E-state index is 5.88. The van der Waals surface area contributed by atoms with Crippen LogP contribution in [-0.2, 0) is 0 Å². The first-order chi connectivity index (χ1) is 5.72. The number of allylic oxidation sites excluding steroid dienone is 1. The molecule has 0 saturated heterocycles. The first kappa shape index (κ1) is 11.8. The average Bonchev–Trinajstić information content (AvgIpc) is 2.10. The van der Waals surface area contributed by atoms with Gasteiger partial charge in [-0.3, -0.25) is 0 Å². The Bertz CT molecular complexity index is 152. The van der Waals surface area contributed by atoms with Crippen LogP contribution in [0.2, 0.25) is 0 Å². The van der Waals surface area contributed by atoms with Crippen LogP contribution in [-0.4, -0.2) is 18.1 Å². The first-order valence-corrected chi connectivity index (χ1v) is 5.71. The molecule has 0 unspecified atom stereocenters. The van der Waals surface area contributed by atoms with E-state index in [9.17, 15) is 0 Å². The second kappa shape index (κ2) is 7.44. The second-order valence-electron chi connectivity index (χ2n) is 2.77. The average molecular weight is 185 g/mol. The van der Waals surface area contributed by atoms with E-state index < -0.39 is 0 Å². The molecule has 1 atom stereocenters. The predicted octanol–water partition coefficient (Wildman–Crippen LogP) is 2.59. The van der Waals surface area contributed by atoms with Crippen molar-refractivity contribution in [1.82, 2.24) is 0 Å². The Kier molecular flexibility index (Phi) is 7.31. The van der Waals surface area contributed by atoms with E-state index >= 15 is 0 Å². The number of rotatable bonds is 6. The van der Waals surface area contributed by atoms with E-state index in [1.54, 1.807) is 0 Å². The normalized spacial score (nSPS) is 13.6. The second-order valence-corrected chi connectivity index (χ2v) is 3.76. The fourth-order valence-electron chi connectivity index (χ4n) is 0.823. The van der Waals surface area contributed by atoms with E-state index in [2.05, 4.69) is 25.8 Å². The van der Waals surface area contributed by atoms with Crippen molar-refractivity contribution in [2.24, 2.45) is 5.73 Å². The molecule has 0 aliphatic rings. The minimum Gasteiger partial charge on any atom is -0.324 e. The van der Waals surface area contributed by atoms with Crippen molar-refractivity contribution in [2.45, 2.75) is 25.8 Å². The lowest BCUT2D eigenvalue weighted by molar-refractivity contribution is 0.765. The molecule has 2 heteroatoms. The van der Waals surface area contributed by atoms with Crippen LogP contribution in [0.4, 0.5) is 0 Å². The van der Waals surface area contributed by atoms with Crippen molar-refractivity contribution in [2.75, 3.05) is 12.0 Å². The van der Waals surface area contributed by atoms with E-state index in [-0.39, 0.29) is 6.04 Å². The summed E-state index contributed by atoms with van der Waals surface area (Å²) in [7, 11) is 0. The molecule has 0 fully saturated rings. The summed E-state index contributed by atoms with van der Waals surface area (Å²) in [6.45, 7) is 6.03. The monoisotopic (exact) mass is 185 g/mol. The zero-order valence-electron chi connectivity index (χ0n) is 8.05. The molecule has 0 amide bonds. The van der Waals surface area contributed by atoms with Gasteiger partial charge in [0.05, 0.1) is 0 Å². The molecule has 2 N–H and O–H groups in total. The molecule has 0 heterocycles. The van der Waals surface area contributed by atoms with E-state index in [0.29, 0.717) is 0 Å². The van der Waals surface area contributed by atoms with Crippen molar-refractivity contribution in [1.29, 1.82) is 0 Å². The van der Waals surface area contributed by atoms with Crippen LogP contribution < -0.4 is 5.73 Å². The van der Waals surface area contributed by atoms with Crippen LogP contribution in [0, 0.1) is 0 Å². The van der Waals surface area contributed by atoms with Crippen molar-refractivity contribution < 1.29 is 0 Å². The van der Waals surface area contributed by atoms with Crippen LogP contribution in [0.1, 0.15) is 19.8 Å². The van der Waals surface area contributed by atoms with Gasteiger partial charge in [-0.25, -0.2) is 0 Å². The van der Waals surface area contributed by atoms with Crippen LogP contribution in [0.25, 0.3) is 0 Å². The van der Waals surface area contributed by atoms with E-state index in [1.807, 2.05) is 17.8 Å². The molecular weight excluding hydrogens is 166 g/mol. The van der Waals surface area contributed by atoms with Gasteiger partial charge in [0.2, 0.25) is 0 Å². The van der Waals surface area contributed by atoms with Gasteiger partial charge < -0.3 is 5.73 Å². The van der Waals surface area contributed by atoms with Gasteiger partial charge in [-0.1, -0.05) is 25.7 Å². The highest BCUT2D eigenvalue weighted by molar-refractivity contribution is 7.98. The summed E-state index contributed by atoms with van der Waals surface area (Å²) in [5, 5.41) is 0. The highest BCUT2D eigenvalue weighted by Gasteiger charge is 2.02. The van der Waals surface area contributed by atoms with E-state index in [0.717, 1.165) is 24.2 Å². The molecule has 12 heavy (non-hydrogen) atoms. The summed E-state index contributed by atoms with van der Waals surface area (Å²) >= 11 is 1.83. The smallest absolute Gasteiger partial charge is 0.0296 e. The largest absolute Gasteiger partial charge is 0.324 e. The highest BCUT2D eigenvalue weighted by atomic mass is 32.2. The maximum absolute atomic E-state index is 5.88. The van der Waals surface area contributed by atoms with Crippen LogP contribution in [0.15, 0.2) is 24.3 Å². The lowest BCUT2D eigenvalue weighted by atomic mass is 10.1. The molecule has 0 aliphatic carbocycles. The molecule has 0 aromatic carbocycles. The van der Waals surface area contributed by atoms with Crippen LogP contribution in [0.3, 0.4) is 0 Å². The van der Waals surface area contributed by atoms with Crippen molar-refractivity contribution in [3.63, 3.8) is 0 Å². The van der Waals surface area contributed by atoms with Gasteiger partial charge in [0.15, 0.2) is 0 Å². The SMILES string of the molecule is C=C(/C=C/CC)[C@@H](N)CCSC. The van der Waals surface area contributed by atoms with Crippen LogP contribution in [0.5, 0.6) is 0 Å². The summed E-state index contributed by atoms with van der Waals surface area (Å²) in [5.41, 5.74) is 6.93. The molecule has 0 aromatic rings. The third-order valence-corrected chi connectivity index (χ3v) is 2.32. The quantitative estimate of drug-likeness (QED) is 0.644.